The van der Waals surface area contributed by atoms with Crippen LogP contribution in [0.3, 0.4) is 0 Å². The van der Waals surface area contributed by atoms with Gasteiger partial charge >= 0.3 is 0 Å². The van der Waals surface area contributed by atoms with Crippen LogP contribution in [0.4, 0.5) is 5.69 Å². The number of fused-ring (bicyclic) bond motifs is 2. The number of halogens is 1. The lowest BCUT2D eigenvalue weighted by molar-refractivity contribution is -0.143. The van der Waals surface area contributed by atoms with Crippen LogP contribution in [0.25, 0.3) is 0 Å². The largest absolute Gasteiger partial charge is 0.336 e. The van der Waals surface area contributed by atoms with Crippen molar-refractivity contribution < 1.29 is 14.4 Å². The molecule has 6 heteroatoms. The van der Waals surface area contributed by atoms with E-state index in [9.17, 15) is 14.4 Å². The molecule has 2 unspecified atom stereocenters. The van der Waals surface area contributed by atoms with Gasteiger partial charge in [-0.15, -0.1) is 0 Å². The zero-order valence-corrected chi connectivity index (χ0v) is 15.1. The van der Waals surface area contributed by atoms with E-state index in [0.717, 1.165) is 19.3 Å². The molecule has 2 bridgehead atoms. The lowest BCUT2D eigenvalue weighted by Gasteiger charge is -2.38. The van der Waals surface area contributed by atoms with Crippen molar-refractivity contribution in [3.05, 3.63) is 29.3 Å². The first kappa shape index (κ1) is 17.9. The van der Waals surface area contributed by atoms with Crippen LogP contribution in [0.1, 0.15) is 32.1 Å². The second kappa shape index (κ2) is 7.56. The van der Waals surface area contributed by atoms with E-state index in [1.165, 1.54) is 4.90 Å². The lowest BCUT2D eigenvalue weighted by Crippen LogP contribution is -2.44. The highest BCUT2D eigenvalue weighted by Crippen LogP contribution is 2.40. The van der Waals surface area contributed by atoms with E-state index >= 15 is 0 Å². The van der Waals surface area contributed by atoms with Crippen molar-refractivity contribution in [2.24, 2.45) is 17.8 Å². The second-order valence-electron chi connectivity index (χ2n) is 7.14. The maximum Gasteiger partial charge on any atom is 0.243 e. The molecular formula is C19H23ClN2O3. The van der Waals surface area contributed by atoms with Crippen molar-refractivity contribution in [1.82, 2.24) is 4.90 Å². The molecule has 0 saturated heterocycles. The smallest absolute Gasteiger partial charge is 0.243 e. The molecule has 3 rings (SSSR count). The molecule has 0 radical (unpaired) electrons. The molecule has 25 heavy (non-hydrogen) atoms. The SMILES string of the molecule is CN(CC(=O)Nc1ccc(Cl)cc1)C(=O)C1CC2CCCC(C1)C2=O. The van der Waals surface area contributed by atoms with Crippen molar-refractivity contribution in [2.45, 2.75) is 32.1 Å². The minimum absolute atomic E-state index is 0.00123. The molecule has 0 spiro atoms. The number of hydrogen-bond donors (Lipinski definition) is 1. The molecular weight excluding hydrogens is 340 g/mol. The summed E-state index contributed by atoms with van der Waals surface area (Å²) in [5, 5.41) is 3.36. The highest BCUT2D eigenvalue weighted by atomic mass is 35.5. The topological polar surface area (TPSA) is 66.5 Å². The first-order valence-corrected chi connectivity index (χ1v) is 9.16. The Labute approximate surface area is 152 Å². The Morgan fingerprint density at radius 1 is 1.16 bits per heavy atom. The van der Waals surface area contributed by atoms with Gasteiger partial charge in [0.05, 0.1) is 6.54 Å². The van der Waals surface area contributed by atoms with E-state index in [4.69, 9.17) is 11.6 Å². The van der Waals surface area contributed by atoms with E-state index < -0.39 is 0 Å². The average Bonchev–Trinajstić information content (AvgIpc) is 2.56. The maximum absolute atomic E-state index is 12.7. The van der Waals surface area contributed by atoms with E-state index in [-0.39, 0.29) is 36.1 Å². The Bertz CT molecular complexity index is 658. The zero-order chi connectivity index (χ0) is 18.0. The van der Waals surface area contributed by atoms with Crippen LogP contribution in [0.15, 0.2) is 24.3 Å². The van der Waals surface area contributed by atoms with Gasteiger partial charge in [0.2, 0.25) is 11.8 Å². The van der Waals surface area contributed by atoms with Gasteiger partial charge < -0.3 is 10.2 Å². The summed E-state index contributed by atoms with van der Waals surface area (Å²) in [7, 11) is 1.65. The number of rotatable bonds is 4. The van der Waals surface area contributed by atoms with Crippen LogP contribution in [-0.2, 0) is 14.4 Å². The highest BCUT2D eigenvalue weighted by Gasteiger charge is 2.41. The van der Waals surface area contributed by atoms with E-state index in [0.29, 0.717) is 29.3 Å². The third kappa shape index (κ3) is 4.21. The summed E-state index contributed by atoms with van der Waals surface area (Å²) < 4.78 is 0. The van der Waals surface area contributed by atoms with Crippen LogP contribution in [0.2, 0.25) is 5.02 Å². The monoisotopic (exact) mass is 362 g/mol. The molecule has 5 nitrogen and oxygen atoms in total. The van der Waals surface area contributed by atoms with Crippen LogP contribution < -0.4 is 5.32 Å². The predicted octanol–water partition coefficient (Wildman–Crippen LogP) is 3.13. The molecule has 2 amide bonds. The van der Waals surface area contributed by atoms with E-state index in [1.54, 1.807) is 31.3 Å². The number of carbonyl (C=O) groups excluding carboxylic acids is 3. The average molecular weight is 363 g/mol. The zero-order valence-electron chi connectivity index (χ0n) is 14.3. The van der Waals surface area contributed by atoms with Crippen molar-refractivity contribution in [3.63, 3.8) is 0 Å². The predicted molar refractivity (Wildman–Crippen MR) is 96.3 cm³/mol. The Morgan fingerprint density at radius 3 is 2.36 bits per heavy atom. The molecule has 2 fully saturated rings. The molecule has 0 aliphatic heterocycles. The van der Waals surface area contributed by atoms with Crippen LogP contribution in [0, 0.1) is 17.8 Å². The Kier molecular flexibility index (Phi) is 5.42. The molecule has 1 N–H and O–H groups in total. The van der Waals surface area contributed by atoms with Crippen molar-refractivity contribution in [3.8, 4) is 0 Å². The summed E-state index contributed by atoms with van der Waals surface area (Å²) in [4.78, 5) is 38.5. The fraction of sp³-hybridized carbons (Fsp3) is 0.526. The Hall–Kier alpha value is -1.88. The third-order valence-electron chi connectivity index (χ3n) is 5.28. The standard InChI is InChI=1S/C19H23ClN2O3/c1-22(11-17(23)21-16-7-5-15(20)6-8-16)19(25)14-9-12-3-2-4-13(10-14)18(12)24/h5-8,12-14H,2-4,9-11H2,1H3,(H,21,23). The number of Topliss-reactive ketones (excluding diaryl/α,β-unsaturated/α-hetero) is 1. The first-order valence-electron chi connectivity index (χ1n) is 8.78. The van der Waals surface area contributed by atoms with Gasteiger partial charge in [-0.1, -0.05) is 18.0 Å². The van der Waals surface area contributed by atoms with Gasteiger partial charge in [-0.2, -0.15) is 0 Å². The summed E-state index contributed by atoms with van der Waals surface area (Å²) in [6.07, 6.45) is 4.16. The molecule has 2 atom stereocenters. The number of nitrogens with one attached hydrogen (secondary N) is 1. The van der Waals surface area contributed by atoms with Gasteiger partial charge in [0.1, 0.15) is 5.78 Å². The fourth-order valence-electron chi connectivity index (χ4n) is 4.02. The van der Waals surface area contributed by atoms with Gasteiger partial charge in [0.15, 0.2) is 0 Å². The number of carbonyl (C=O) groups is 3. The number of anilines is 1. The maximum atomic E-state index is 12.7. The molecule has 2 aliphatic rings. The van der Waals surface area contributed by atoms with Gasteiger partial charge in [0, 0.05) is 35.5 Å². The number of ketones is 1. The van der Waals surface area contributed by atoms with Crippen LogP contribution >= 0.6 is 11.6 Å². The molecule has 2 saturated carbocycles. The van der Waals surface area contributed by atoms with Gasteiger partial charge in [0.25, 0.3) is 0 Å². The molecule has 0 heterocycles. The molecule has 2 aliphatic carbocycles. The van der Waals surface area contributed by atoms with E-state index in [1.807, 2.05) is 0 Å². The van der Waals surface area contributed by atoms with E-state index in [2.05, 4.69) is 5.32 Å². The third-order valence-corrected chi connectivity index (χ3v) is 5.53. The number of hydrogen-bond acceptors (Lipinski definition) is 3. The molecule has 1 aromatic rings. The van der Waals surface area contributed by atoms with Gasteiger partial charge in [-0.05, 0) is 49.9 Å². The quantitative estimate of drug-likeness (QED) is 0.894. The lowest BCUT2D eigenvalue weighted by atomic mass is 9.67. The van der Waals surface area contributed by atoms with Gasteiger partial charge in [-0.3, -0.25) is 14.4 Å². The van der Waals surface area contributed by atoms with Crippen molar-refractivity contribution in [2.75, 3.05) is 18.9 Å². The number of nitrogens with zero attached hydrogens (tertiary/aromatic N) is 1. The summed E-state index contributed by atoms with van der Waals surface area (Å²) in [6, 6.07) is 6.83. The van der Waals surface area contributed by atoms with Gasteiger partial charge in [-0.25, -0.2) is 0 Å². The van der Waals surface area contributed by atoms with Crippen molar-refractivity contribution in [1.29, 1.82) is 0 Å². The molecule has 1 aromatic carbocycles. The van der Waals surface area contributed by atoms with Crippen LogP contribution in [-0.4, -0.2) is 36.1 Å². The normalized spacial score (nSPS) is 25.4. The number of amides is 2. The number of likely N-dealkylation sites (N-methyl/N-ethyl adjacent to an activating group) is 1. The molecule has 0 aromatic heterocycles. The summed E-state index contributed by atoms with van der Waals surface area (Å²) in [6.45, 7) is 0.00123. The highest BCUT2D eigenvalue weighted by molar-refractivity contribution is 6.30. The fourth-order valence-corrected chi connectivity index (χ4v) is 4.15. The molecule has 134 valence electrons. The minimum atomic E-state index is -0.245. The van der Waals surface area contributed by atoms with Crippen LogP contribution in [0.5, 0.6) is 0 Å². The summed E-state index contributed by atoms with van der Waals surface area (Å²) in [5.74, 6) is 0.0103. The summed E-state index contributed by atoms with van der Waals surface area (Å²) >= 11 is 5.82. The van der Waals surface area contributed by atoms with Crippen molar-refractivity contribution >= 4 is 34.9 Å². The Balaban J connectivity index is 1.54. The summed E-state index contributed by atoms with van der Waals surface area (Å²) in [5.41, 5.74) is 0.646. The number of benzene rings is 1. The second-order valence-corrected chi connectivity index (χ2v) is 7.58. The first-order chi connectivity index (χ1) is 11.9. The Morgan fingerprint density at radius 2 is 1.76 bits per heavy atom. The minimum Gasteiger partial charge on any atom is -0.336 e.